The summed E-state index contributed by atoms with van der Waals surface area (Å²) in [7, 11) is 0. The molecule has 2 heterocycles. The summed E-state index contributed by atoms with van der Waals surface area (Å²) in [5.41, 5.74) is -3.05. The van der Waals surface area contributed by atoms with Crippen molar-refractivity contribution in [3.63, 3.8) is 0 Å². The number of hydrogen-bond acceptors (Lipinski definition) is 3. The van der Waals surface area contributed by atoms with Crippen LogP contribution in [-0.4, -0.2) is 28.8 Å². The van der Waals surface area contributed by atoms with Crippen molar-refractivity contribution in [2.24, 2.45) is 5.92 Å². The fourth-order valence-electron chi connectivity index (χ4n) is 2.92. The maximum atomic E-state index is 13.1. The van der Waals surface area contributed by atoms with Crippen LogP contribution in [0.4, 0.5) is 32.0 Å². The molecule has 3 rings (SSSR count). The van der Waals surface area contributed by atoms with Gasteiger partial charge in [0.15, 0.2) is 5.69 Å². The molecule has 0 aliphatic carbocycles. The van der Waals surface area contributed by atoms with E-state index in [4.69, 9.17) is 0 Å². The minimum Gasteiger partial charge on any atom is -0.326 e. The Balaban J connectivity index is 1.83. The lowest BCUT2D eigenvalue weighted by molar-refractivity contribution is -0.143. The SMILES string of the molecule is O=C(Nc1ccc(-n2nc(C(F)(F)F)cc2C(F)(F)F)cc1)C1CCCNC1. The summed E-state index contributed by atoms with van der Waals surface area (Å²) in [5.74, 6) is -0.444. The molecule has 28 heavy (non-hydrogen) atoms. The van der Waals surface area contributed by atoms with Crippen molar-refractivity contribution in [3.05, 3.63) is 41.7 Å². The first-order chi connectivity index (χ1) is 13.1. The van der Waals surface area contributed by atoms with Gasteiger partial charge in [0.05, 0.1) is 11.6 Å². The van der Waals surface area contributed by atoms with Crippen LogP contribution >= 0.6 is 0 Å². The van der Waals surface area contributed by atoms with Gasteiger partial charge in [-0.15, -0.1) is 0 Å². The van der Waals surface area contributed by atoms with Crippen molar-refractivity contribution in [3.8, 4) is 5.69 Å². The van der Waals surface area contributed by atoms with Gasteiger partial charge < -0.3 is 10.6 Å². The third-order valence-corrected chi connectivity index (χ3v) is 4.34. The van der Waals surface area contributed by atoms with E-state index in [2.05, 4.69) is 15.7 Å². The lowest BCUT2D eigenvalue weighted by atomic mass is 9.99. The largest absolute Gasteiger partial charge is 0.435 e. The van der Waals surface area contributed by atoms with Crippen LogP contribution in [-0.2, 0) is 17.1 Å². The van der Waals surface area contributed by atoms with Crippen molar-refractivity contribution in [2.75, 3.05) is 18.4 Å². The Bertz CT molecular complexity index is 835. The summed E-state index contributed by atoms with van der Waals surface area (Å²) < 4.78 is 77.8. The van der Waals surface area contributed by atoms with Crippen molar-refractivity contribution < 1.29 is 31.1 Å². The molecular weight excluding hydrogens is 390 g/mol. The first kappa shape index (κ1) is 20.2. The molecule has 5 nitrogen and oxygen atoms in total. The van der Waals surface area contributed by atoms with Crippen molar-refractivity contribution in [1.29, 1.82) is 0 Å². The summed E-state index contributed by atoms with van der Waals surface area (Å²) in [6.45, 7) is 1.37. The Morgan fingerprint density at radius 3 is 2.32 bits per heavy atom. The van der Waals surface area contributed by atoms with Crippen molar-refractivity contribution >= 4 is 11.6 Å². The molecule has 2 aromatic rings. The Morgan fingerprint density at radius 2 is 1.79 bits per heavy atom. The van der Waals surface area contributed by atoms with Crippen LogP contribution in [0.3, 0.4) is 0 Å². The second kappa shape index (κ2) is 7.46. The van der Waals surface area contributed by atoms with E-state index in [0.29, 0.717) is 12.2 Å². The maximum Gasteiger partial charge on any atom is 0.435 e. The van der Waals surface area contributed by atoms with Crippen LogP contribution < -0.4 is 10.6 Å². The van der Waals surface area contributed by atoms with Gasteiger partial charge in [-0.05, 0) is 43.7 Å². The average Bonchev–Trinajstić information content (AvgIpc) is 3.09. The fourth-order valence-corrected chi connectivity index (χ4v) is 2.92. The maximum absolute atomic E-state index is 13.1. The highest BCUT2D eigenvalue weighted by atomic mass is 19.4. The van der Waals surface area contributed by atoms with Crippen LogP contribution in [0.1, 0.15) is 24.2 Å². The van der Waals surface area contributed by atoms with Crippen LogP contribution in [0, 0.1) is 5.92 Å². The van der Waals surface area contributed by atoms with Gasteiger partial charge in [0.25, 0.3) is 0 Å². The summed E-state index contributed by atoms with van der Waals surface area (Å²) in [6, 6.07) is 4.93. The molecule has 11 heteroatoms. The number of nitrogens with one attached hydrogen (secondary N) is 2. The third-order valence-electron chi connectivity index (χ3n) is 4.34. The number of amides is 1. The molecule has 1 aliphatic rings. The first-order valence-electron chi connectivity index (χ1n) is 8.42. The molecule has 1 fully saturated rings. The predicted octanol–water partition coefficient (Wildman–Crippen LogP) is 3.85. The zero-order valence-corrected chi connectivity index (χ0v) is 14.4. The minimum absolute atomic E-state index is 0.0359. The van der Waals surface area contributed by atoms with E-state index in [1.54, 1.807) is 0 Å². The number of hydrogen-bond donors (Lipinski definition) is 2. The molecule has 2 N–H and O–H groups in total. The van der Waals surface area contributed by atoms with Gasteiger partial charge in [0, 0.05) is 18.3 Å². The Labute approximate surface area is 155 Å². The van der Waals surface area contributed by atoms with Gasteiger partial charge in [-0.2, -0.15) is 31.4 Å². The molecule has 1 unspecified atom stereocenters. The average molecular weight is 406 g/mol. The monoisotopic (exact) mass is 406 g/mol. The Hall–Kier alpha value is -2.56. The van der Waals surface area contributed by atoms with Crippen molar-refractivity contribution in [1.82, 2.24) is 15.1 Å². The lowest BCUT2D eigenvalue weighted by Crippen LogP contribution is -2.37. The Morgan fingerprint density at radius 1 is 1.11 bits per heavy atom. The quantitative estimate of drug-likeness (QED) is 0.762. The van der Waals surface area contributed by atoms with Gasteiger partial charge in [-0.25, -0.2) is 4.68 Å². The van der Waals surface area contributed by atoms with E-state index in [9.17, 15) is 31.1 Å². The number of benzene rings is 1. The van der Waals surface area contributed by atoms with Crippen LogP contribution in [0.2, 0.25) is 0 Å². The molecule has 0 bridgehead atoms. The molecule has 1 aromatic heterocycles. The van der Waals surface area contributed by atoms with Gasteiger partial charge in [0.2, 0.25) is 5.91 Å². The van der Waals surface area contributed by atoms with E-state index < -0.39 is 23.7 Å². The van der Waals surface area contributed by atoms with Crippen LogP contribution in [0.25, 0.3) is 5.69 Å². The molecule has 1 saturated heterocycles. The highest BCUT2D eigenvalue weighted by Gasteiger charge is 2.42. The van der Waals surface area contributed by atoms with E-state index in [0.717, 1.165) is 31.5 Å². The zero-order valence-electron chi connectivity index (χ0n) is 14.4. The summed E-state index contributed by atoms with van der Waals surface area (Å²) >= 11 is 0. The van der Waals surface area contributed by atoms with Gasteiger partial charge in [-0.3, -0.25) is 4.79 Å². The second-order valence-corrected chi connectivity index (χ2v) is 6.40. The van der Waals surface area contributed by atoms with E-state index in [-0.39, 0.29) is 28.3 Å². The van der Waals surface area contributed by atoms with E-state index in [1.165, 1.54) is 12.1 Å². The molecule has 0 radical (unpaired) electrons. The second-order valence-electron chi connectivity index (χ2n) is 6.40. The first-order valence-corrected chi connectivity index (χ1v) is 8.42. The number of alkyl halides is 6. The summed E-state index contributed by atoms with van der Waals surface area (Å²) in [6.07, 6.45) is -8.44. The standard InChI is InChI=1S/C17H16F6N4O/c18-16(19,20)13-8-14(17(21,22)23)27(26-13)12-5-3-11(4-6-12)25-15(28)10-2-1-7-24-9-10/h3-6,8,10,24H,1-2,7,9H2,(H,25,28). The van der Waals surface area contributed by atoms with Gasteiger partial charge >= 0.3 is 12.4 Å². The number of halogens is 6. The summed E-state index contributed by atoms with van der Waals surface area (Å²) in [4.78, 5) is 12.2. The zero-order chi connectivity index (χ0) is 20.5. The highest BCUT2D eigenvalue weighted by Crippen LogP contribution is 2.36. The van der Waals surface area contributed by atoms with Crippen molar-refractivity contribution in [2.45, 2.75) is 25.2 Å². The molecule has 1 atom stereocenters. The third kappa shape index (κ3) is 4.46. The number of aromatic nitrogens is 2. The minimum atomic E-state index is -5.02. The number of carbonyl (C=O) groups excluding carboxylic acids is 1. The lowest BCUT2D eigenvalue weighted by Gasteiger charge is -2.22. The topological polar surface area (TPSA) is 59.0 Å². The number of piperidine rings is 1. The summed E-state index contributed by atoms with van der Waals surface area (Å²) in [5, 5.41) is 8.81. The molecular formula is C17H16F6N4O. The number of anilines is 1. The van der Waals surface area contributed by atoms with Crippen LogP contribution in [0.15, 0.2) is 30.3 Å². The number of carbonyl (C=O) groups is 1. The molecule has 152 valence electrons. The smallest absolute Gasteiger partial charge is 0.326 e. The molecule has 0 saturated carbocycles. The normalized spacial score (nSPS) is 18.1. The van der Waals surface area contributed by atoms with Crippen LogP contribution in [0.5, 0.6) is 0 Å². The highest BCUT2D eigenvalue weighted by molar-refractivity contribution is 5.92. The fraction of sp³-hybridized carbons (Fsp3) is 0.412. The number of rotatable bonds is 3. The molecule has 1 aliphatic heterocycles. The van der Waals surface area contributed by atoms with Gasteiger partial charge in [0.1, 0.15) is 5.69 Å². The predicted molar refractivity (Wildman–Crippen MR) is 87.8 cm³/mol. The number of nitrogens with zero attached hydrogens (tertiary/aromatic N) is 2. The van der Waals surface area contributed by atoms with E-state index >= 15 is 0 Å². The molecule has 1 aromatic carbocycles. The molecule has 1 amide bonds. The Kier molecular flexibility index (Phi) is 5.37. The van der Waals surface area contributed by atoms with Gasteiger partial charge in [-0.1, -0.05) is 0 Å². The van der Waals surface area contributed by atoms with E-state index in [1.807, 2.05) is 0 Å². The molecule has 0 spiro atoms.